The van der Waals surface area contributed by atoms with Crippen molar-refractivity contribution in [2.45, 2.75) is 25.6 Å². The zero-order chi connectivity index (χ0) is 16.4. The average Bonchev–Trinajstić information content (AvgIpc) is 3.03. The number of nitrogens with zero attached hydrogens (tertiary/aromatic N) is 4. The Morgan fingerprint density at radius 2 is 2.35 bits per heavy atom. The van der Waals surface area contributed by atoms with Crippen LogP contribution in [0.3, 0.4) is 0 Å². The fraction of sp³-hybridized carbons (Fsp3) is 0.400. The molecule has 1 amide bonds. The lowest BCUT2D eigenvalue weighted by Crippen LogP contribution is -2.56. The van der Waals surface area contributed by atoms with Crippen molar-refractivity contribution in [3.05, 3.63) is 41.4 Å². The number of nitrogens with two attached hydrogens (primary N) is 1. The summed E-state index contributed by atoms with van der Waals surface area (Å²) in [5.41, 5.74) is 7.37. The summed E-state index contributed by atoms with van der Waals surface area (Å²) in [7, 11) is 0. The first-order valence-electron chi connectivity index (χ1n) is 7.34. The van der Waals surface area contributed by atoms with Crippen LogP contribution in [-0.4, -0.2) is 50.9 Å². The second-order valence-corrected chi connectivity index (χ2v) is 5.94. The van der Waals surface area contributed by atoms with Gasteiger partial charge in [-0.05, 0) is 24.6 Å². The van der Waals surface area contributed by atoms with Gasteiger partial charge in [-0.3, -0.25) is 9.69 Å². The molecule has 122 valence electrons. The molecule has 1 saturated heterocycles. The van der Waals surface area contributed by atoms with Crippen LogP contribution in [0.4, 0.5) is 0 Å². The maximum Gasteiger partial charge on any atom is 0.237 e. The number of hydrogen-bond donors (Lipinski definition) is 1. The first kappa shape index (κ1) is 15.9. The summed E-state index contributed by atoms with van der Waals surface area (Å²) in [6.45, 7) is 3.62. The number of aromatic nitrogens is 3. The van der Waals surface area contributed by atoms with Gasteiger partial charge in [0.15, 0.2) is 0 Å². The summed E-state index contributed by atoms with van der Waals surface area (Å²) in [5.74, 6) is -0.381. The SMILES string of the molecule is C[C@H]1OCCN(Cc2ccc(Cl)cc2-n2cncn2)[C@@H]1C(N)=O. The predicted octanol–water partition coefficient (Wildman–Crippen LogP) is 0.995. The minimum Gasteiger partial charge on any atom is -0.375 e. The van der Waals surface area contributed by atoms with Gasteiger partial charge in [0, 0.05) is 18.1 Å². The van der Waals surface area contributed by atoms with Gasteiger partial charge in [-0.1, -0.05) is 17.7 Å². The highest BCUT2D eigenvalue weighted by Gasteiger charge is 2.34. The molecule has 0 unspecified atom stereocenters. The van der Waals surface area contributed by atoms with Crippen LogP contribution in [0.25, 0.3) is 5.69 Å². The Balaban J connectivity index is 1.92. The van der Waals surface area contributed by atoms with E-state index in [1.807, 2.05) is 30.0 Å². The fourth-order valence-corrected chi connectivity index (χ4v) is 3.07. The van der Waals surface area contributed by atoms with Crippen molar-refractivity contribution in [2.24, 2.45) is 5.73 Å². The summed E-state index contributed by atoms with van der Waals surface area (Å²) in [6, 6.07) is 5.12. The van der Waals surface area contributed by atoms with Crippen LogP contribution in [0.1, 0.15) is 12.5 Å². The van der Waals surface area contributed by atoms with Crippen LogP contribution in [-0.2, 0) is 16.1 Å². The maximum absolute atomic E-state index is 11.8. The molecule has 23 heavy (non-hydrogen) atoms. The summed E-state index contributed by atoms with van der Waals surface area (Å²) in [4.78, 5) is 17.8. The molecule has 7 nitrogen and oxygen atoms in total. The van der Waals surface area contributed by atoms with Crippen molar-refractivity contribution in [3.63, 3.8) is 0 Å². The standard InChI is InChI=1S/C15H18ClN5O2/c1-10-14(15(17)22)20(4-5-23-10)7-11-2-3-12(16)6-13(11)21-9-18-8-19-21/h2-3,6,8-10,14H,4-5,7H2,1H3,(H2,17,22)/t10-,14+/m1/s1. The van der Waals surface area contributed by atoms with Crippen molar-refractivity contribution >= 4 is 17.5 Å². The summed E-state index contributed by atoms with van der Waals surface area (Å²) in [5, 5.41) is 4.77. The smallest absolute Gasteiger partial charge is 0.237 e. The van der Waals surface area contributed by atoms with Gasteiger partial charge in [0.2, 0.25) is 5.91 Å². The Kier molecular flexibility index (Phi) is 4.61. The molecule has 8 heteroatoms. The average molecular weight is 336 g/mol. The summed E-state index contributed by atoms with van der Waals surface area (Å²) >= 11 is 6.11. The quantitative estimate of drug-likeness (QED) is 0.900. The molecule has 3 rings (SSSR count). The van der Waals surface area contributed by atoms with Gasteiger partial charge >= 0.3 is 0 Å². The van der Waals surface area contributed by atoms with Crippen molar-refractivity contribution in [3.8, 4) is 5.69 Å². The van der Waals surface area contributed by atoms with Gasteiger partial charge in [-0.15, -0.1) is 0 Å². The van der Waals surface area contributed by atoms with Gasteiger partial charge in [0.1, 0.15) is 18.7 Å². The topological polar surface area (TPSA) is 86.3 Å². The molecular weight excluding hydrogens is 318 g/mol. The number of primary amides is 1. The van der Waals surface area contributed by atoms with E-state index < -0.39 is 6.04 Å². The van der Waals surface area contributed by atoms with Gasteiger partial charge in [0.05, 0.1) is 18.4 Å². The second kappa shape index (κ2) is 6.66. The van der Waals surface area contributed by atoms with Crippen molar-refractivity contribution < 1.29 is 9.53 Å². The lowest BCUT2D eigenvalue weighted by Gasteiger charge is -2.38. The number of amides is 1. The maximum atomic E-state index is 11.8. The normalized spacial score (nSPS) is 22.2. The third kappa shape index (κ3) is 3.36. The van der Waals surface area contributed by atoms with Crippen molar-refractivity contribution in [1.29, 1.82) is 0 Å². The van der Waals surface area contributed by atoms with E-state index in [0.29, 0.717) is 24.7 Å². The lowest BCUT2D eigenvalue weighted by molar-refractivity contribution is -0.136. The van der Waals surface area contributed by atoms with E-state index >= 15 is 0 Å². The van der Waals surface area contributed by atoms with Gasteiger partial charge in [-0.25, -0.2) is 9.67 Å². The molecule has 2 N–H and O–H groups in total. The van der Waals surface area contributed by atoms with E-state index in [-0.39, 0.29) is 12.0 Å². The number of carbonyl (C=O) groups excluding carboxylic acids is 1. The van der Waals surface area contributed by atoms with Crippen LogP contribution in [0.15, 0.2) is 30.9 Å². The first-order valence-corrected chi connectivity index (χ1v) is 7.72. The molecule has 0 saturated carbocycles. The Labute approximate surface area is 139 Å². The Morgan fingerprint density at radius 3 is 3.04 bits per heavy atom. The number of halogens is 1. The Morgan fingerprint density at radius 1 is 1.52 bits per heavy atom. The minimum atomic E-state index is -0.456. The van der Waals surface area contributed by atoms with Crippen LogP contribution >= 0.6 is 11.6 Å². The molecule has 0 spiro atoms. The first-order chi connectivity index (χ1) is 11.1. The van der Waals surface area contributed by atoms with Gasteiger partial charge < -0.3 is 10.5 Å². The Bertz CT molecular complexity index is 691. The number of benzene rings is 1. The van der Waals surface area contributed by atoms with Crippen LogP contribution in [0.5, 0.6) is 0 Å². The summed E-state index contributed by atoms with van der Waals surface area (Å²) in [6.07, 6.45) is 2.85. The largest absolute Gasteiger partial charge is 0.375 e. The second-order valence-electron chi connectivity index (χ2n) is 5.51. The van der Waals surface area contributed by atoms with E-state index in [9.17, 15) is 4.79 Å². The number of rotatable bonds is 4. The third-order valence-corrected chi connectivity index (χ3v) is 4.21. The van der Waals surface area contributed by atoms with Crippen LogP contribution < -0.4 is 5.73 Å². The molecule has 1 aromatic heterocycles. The molecule has 0 bridgehead atoms. The predicted molar refractivity (Wildman–Crippen MR) is 85.2 cm³/mol. The lowest BCUT2D eigenvalue weighted by atomic mass is 10.1. The van der Waals surface area contributed by atoms with Crippen LogP contribution in [0, 0.1) is 0 Å². The Hall–Kier alpha value is -1.96. The zero-order valence-corrected chi connectivity index (χ0v) is 13.5. The number of morpholine rings is 1. The third-order valence-electron chi connectivity index (χ3n) is 3.98. The number of carbonyl (C=O) groups is 1. The van der Waals surface area contributed by atoms with Crippen molar-refractivity contribution in [1.82, 2.24) is 19.7 Å². The molecule has 0 radical (unpaired) electrons. The van der Waals surface area contributed by atoms with E-state index in [2.05, 4.69) is 10.1 Å². The molecule has 0 aliphatic carbocycles. The van der Waals surface area contributed by atoms with E-state index in [1.54, 1.807) is 11.0 Å². The minimum absolute atomic E-state index is 0.233. The zero-order valence-electron chi connectivity index (χ0n) is 12.7. The van der Waals surface area contributed by atoms with E-state index in [0.717, 1.165) is 11.3 Å². The monoisotopic (exact) mass is 335 g/mol. The highest BCUT2D eigenvalue weighted by molar-refractivity contribution is 6.30. The van der Waals surface area contributed by atoms with E-state index in [4.69, 9.17) is 22.1 Å². The molecule has 2 atom stereocenters. The fourth-order valence-electron chi connectivity index (χ4n) is 2.91. The molecule has 1 aromatic carbocycles. The van der Waals surface area contributed by atoms with Gasteiger partial charge in [0.25, 0.3) is 0 Å². The molecule has 1 aliphatic heterocycles. The molecule has 2 aromatic rings. The van der Waals surface area contributed by atoms with Crippen molar-refractivity contribution in [2.75, 3.05) is 13.2 Å². The molecule has 1 fully saturated rings. The molecule has 1 aliphatic rings. The van der Waals surface area contributed by atoms with E-state index in [1.165, 1.54) is 6.33 Å². The molecular formula is C15H18ClN5O2. The highest BCUT2D eigenvalue weighted by Crippen LogP contribution is 2.23. The highest BCUT2D eigenvalue weighted by atomic mass is 35.5. The number of ether oxygens (including phenoxy) is 1. The summed E-state index contributed by atoms with van der Waals surface area (Å²) < 4.78 is 7.21. The molecule has 2 heterocycles. The van der Waals surface area contributed by atoms with Crippen LogP contribution in [0.2, 0.25) is 5.02 Å². The van der Waals surface area contributed by atoms with Gasteiger partial charge in [-0.2, -0.15) is 5.10 Å². The number of hydrogen-bond acceptors (Lipinski definition) is 5.